The maximum absolute atomic E-state index is 11.5. The molecule has 0 unspecified atom stereocenters. The summed E-state index contributed by atoms with van der Waals surface area (Å²) in [7, 11) is 0. The normalized spacial score (nSPS) is 22.5. The number of aromatic nitrogens is 2. The van der Waals surface area contributed by atoms with Gasteiger partial charge in [0.1, 0.15) is 5.82 Å². The van der Waals surface area contributed by atoms with Crippen molar-refractivity contribution in [1.82, 2.24) is 14.9 Å². The van der Waals surface area contributed by atoms with E-state index in [2.05, 4.69) is 21.4 Å². The van der Waals surface area contributed by atoms with Crippen molar-refractivity contribution in [3.8, 4) is 0 Å². The number of ether oxygens (including phenoxy) is 1. The van der Waals surface area contributed by atoms with Crippen molar-refractivity contribution in [1.29, 1.82) is 0 Å². The van der Waals surface area contributed by atoms with E-state index in [1.165, 1.54) is 6.08 Å². The first kappa shape index (κ1) is 14.4. The highest BCUT2D eigenvalue weighted by molar-refractivity contribution is 5.87. The summed E-state index contributed by atoms with van der Waals surface area (Å²) in [6.07, 6.45) is 3.21. The third-order valence-corrected chi connectivity index (χ3v) is 4.84. The molecule has 1 amide bonds. The van der Waals surface area contributed by atoms with Crippen LogP contribution in [0.4, 0.5) is 11.8 Å². The number of likely N-dealkylation sites (tertiary alicyclic amines) is 1. The van der Waals surface area contributed by atoms with Crippen molar-refractivity contribution in [2.75, 3.05) is 62.3 Å². The van der Waals surface area contributed by atoms with Crippen molar-refractivity contribution >= 4 is 17.7 Å². The lowest BCUT2D eigenvalue weighted by Gasteiger charge is -2.59. The minimum atomic E-state index is 0.0274. The second-order valence-corrected chi connectivity index (χ2v) is 6.57. The minimum absolute atomic E-state index is 0.0274. The maximum atomic E-state index is 11.5. The summed E-state index contributed by atoms with van der Waals surface area (Å²) >= 11 is 0. The molecule has 4 heterocycles. The second kappa shape index (κ2) is 5.49. The van der Waals surface area contributed by atoms with Crippen LogP contribution < -0.4 is 9.80 Å². The molecule has 3 aliphatic heterocycles. The molecule has 0 aliphatic carbocycles. The van der Waals surface area contributed by atoms with Gasteiger partial charge in [-0.2, -0.15) is 4.98 Å². The van der Waals surface area contributed by atoms with Crippen LogP contribution in [0.2, 0.25) is 0 Å². The van der Waals surface area contributed by atoms with Crippen LogP contribution in [0.5, 0.6) is 0 Å². The molecule has 0 N–H and O–H groups in total. The van der Waals surface area contributed by atoms with E-state index in [9.17, 15) is 4.79 Å². The lowest BCUT2D eigenvalue weighted by molar-refractivity contribution is -0.139. The Labute approximate surface area is 135 Å². The number of carbonyl (C=O) groups is 1. The average Bonchev–Trinajstić information content (AvgIpc) is 2.53. The third kappa shape index (κ3) is 2.55. The Morgan fingerprint density at radius 1 is 1.22 bits per heavy atom. The van der Waals surface area contributed by atoms with E-state index < -0.39 is 0 Å². The number of hydrogen-bond acceptors (Lipinski definition) is 6. The third-order valence-electron chi connectivity index (χ3n) is 4.84. The van der Waals surface area contributed by atoms with Gasteiger partial charge in [-0.25, -0.2) is 4.98 Å². The number of hydrogen-bond donors (Lipinski definition) is 0. The molecule has 0 bridgehead atoms. The molecule has 1 spiro atoms. The zero-order valence-corrected chi connectivity index (χ0v) is 13.1. The smallest absolute Gasteiger partial charge is 0.245 e. The molecule has 0 atom stereocenters. The molecule has 3 saturated heterocycles. The molecule has 0 aromatic carbocycles. The van der Waals surface area contributed by atoms with E-state index in [0.717, 1.165) is 64.2 Å². The van der Waals surface area contributed by atoms with Gasteiger partial charge in [0.25, 0.3) is 0 Å². The van der Waals surface area contributed by atoms with Gasteiger partial charge in [0, 0.05) is 50.9 Å². The number of amides is 1. The summed E-state index contributed by atoms with van der Waals surface area (Å²) in [6.45, 7) is 10.3. The van der Waals surface area contributed by atoms with Gasteiger partial charge in [-0.3, -0.25) is 4.79 Å². The van der Waals surface area contributed by atoms with E-state index in [1.807, 2.05) is 17.2 Å². The summed E-state index contributed by atoms with van der Waals surface area (Å²) in [5, 5.41) is 0. The maximum Gasteiger partial charge on any atom is 0.245 e. The fourth-order valence-corrected chi connectivity index (χ4v) is 3.61. The van der Waals surface area contributed by atoms with Crippen molar-refractivity contribution in [3.05, 3.63) is 24.9 Å². The molecule has 1 aromatic heterocycles. The van der Waals surface area contributed by atoms with Gasteiger partial charge in [0.15, 0.2) is 0 Å². The first-order chi connectivity index (χ1) is 11.2. The van der Waals surface area contributed by atoms with Crippen LogP contribution in [0.15, 0.2) is 24.9 Å². The molecule has 4 rings (SSSR count). The Morgan fingerprint density at radius 2 is 1.96 bits per heavy atom. The van der Waals surface area contributed by atoms with Crippen LogP contribution >= 0.6 is 0 Å². The Morgan fingerprint density at radius 3 is 2.65 bits per heavy atom. The Kier molecular flexibility index (Phi) is 3.45. The molecule has 0 radical (unpaired) electrons. The van der Waals surface area contributed by atoms with E-state index in [4.69, 9.17) is 9.72 Å². The number of carbonyl (C=O) groups excluding carboxylic acids is 1. The van der Waals surface area contributed by atoms with Gasteiger partial charge in [-0.05, 0) is 12.1 Å². The Bertz CT molecular complexity index is 615. The number of nitrogens with zero attached hydrogens (tertiary/aromatic N) is 5. The number of morpholine rings is 1. The predicted octanol–water partition coefficient (Wildman–Crippen LogP) is 0.148. The van der Waals surface area contributed by atoms with Gasteiger partial charge in [-0.15, -0.1) is 0 Å². The monoisotopic (exact) mass is 315 g/mol. The average molecular weight is 315 g/mol. The summed E-state index contributed by atoms with van der Waals surface area (Å²) in [6, 6.07) is 1.96. The van der Waals surface area contributed by atoms with E-state index in [0.29, 0.717) is 0 Å². The summed E-state index contributed by atoms with van der Waals surface area (Å²) in [4.78, 5) is 26.9. The van der Waals surface area contributed by atoms with Gasteiger partial charge in [0.2, 0.25) is 11.9 Å². The molecule has 3 fully saturated rings. The van der Waals surface area contributed by atoms with Crippen molar-refractivity contribution < 1.29 is 9.53 Å². The van der Waals surface area contributed by atoms with Gasteiger partial charge in [-0.1, -0.05) is 6.58 Å². The predicted molar refractivity (Wildman–Crippen MR) is 86.5 cm³/mol. The standard InChI is InChI=1S/C16H21N5O2/c1-2-14(22)20-9-16(10-20)11-21(12-16)15-17-4-3-13(18-15)19-5-7-23-8-6-19/h2-4H,1,5-12H2. The van der Waals surface area contributed by atoms with Crippen LogP contribution in [0.3, 0.4) is 0 Å². The van der Waals surface area contributed by atoms with Crippen LogP contribution in [0.25, 0.3) is 0 Å². The fraction of sp³-hybridized carbons (Fsp3) is 0.562. The molecule has 3 aliphatic rings. The summed E-state index contributed by atoms with van der Waals surface area (Å²) < 4.78 is 5.38. The molecular formula is C16H21N5O2. The fourth-order valence-electron chi connectivity index (χ4n) is 3.61. The van der Waals surface area contributed by atoms with Gasteiger partial charge >= 0.3 is 0 Å². The van der Waals surface area contributed by atoms with Crippen molar-refractivity contribution in [3.63, 3.8) is 0 Å². The Hall–Kier alpha value is -2.15. The Balaban J connectivity index is 1.37. The molecule has 23 heavy (non-hydrogen) atoms. The number of rotatable bonds is 3. The molecule has 7 heteroatoms. The van der Waals surface area contributed by atoms with Crippen LogP contribution in [0, 0.1) is 5.41 Å². The van der Waals surface area contributed by atoms with Crippen LogP contribution in [-0.2, 0) is 9.53 Å². The number of anilines is 2. The van der Waals surface area contributed by atoms with Gasteiger partial charge < -0.3 is 19.4 Å². The van der Waals surface area contributed by atoms with E-state index in [-0.39, 0.29) is 11.3 Å². The second-order valence-electron chi connectivity index (χ2n) is 6.57. The van der Waals surface area contributed by atoms with Crippen molar-refractivity contribution in [2.24, 2.45) is 5.41 Å². The lowest BCUT2D eigenvalue weighted by atomic mass is 9.73. The first-order valence-corrected chi connectivity index (χ1v) is 8.01. The quantitative estimate of drug-likeness (QED) is 0.740. The first-order valence-electron chi connectivity index (χ1n) is 8.01. The topological polar surface area (TPSA) is 61.8 Å². The van der Waals surface area contributed by atoms with E-state index >= 15 is 0 Å². The SMILES string of the molecule is C=CC(=O)N1CC2(C1)CN(c1nccc(N3CCOCC3)n1)C2. The molecule has 1 aromatic rings. The van der Waals surface area contributed by atoms with Crippen molar-refractivity contribution in [2.45, 2.75) is 0 Å². The molecule has 0 saturated carbocycles. The van der Waals surface area contributed by atoms with Crippen LogP contribution in [-0.4, -0.2) is 73.3 Å². The van der Waals surface area contributed by atoms with Crippen LogP contribution in [0.1, 0.15) is 0 Å². The van der Waals surface area contributed by atoms with Gasteiger partial charge in [0.05, 0.1) is 13.2 Å². The molecular weight excluding hydrogens is 294 g/mol. The molecule has 122 valence electrons. The summed E-state index contributed by atoms with van der Waals surface area (Å²) in [5.74, 6) is 1.78. The lowest BCUT2D eigenvalue weighted by Crippen LogP contribution is -2.73. The minimum Gasteiger partial charge on any atom is -0.378 e. The zero-order valence-electron chi connectivity index (χ0n) is 13.1. The zero-order chi connectivity index (χ0) is 15.9. The highest BCUT2D eigenvalue weighted by Crippen LogP contribution is 2.41. The van der Waals surface area contributed by atoms with E-state index in [1.54, 1.807) is 0 Å². The summed E-state index contributed by atoms with van der Waals surface area (Å²) in [5.41, 5.74) is 0.233. The molecule has 7 nitrogen and oxygen atoms in total. The highest BCUT2D eigenvalue weighted by Gasteiger charge is 2.53. The highest BCUT2D eigenvalue weighted by atomic mass is 16.5. The largest absolute Gasteiger partial charge is 0.378 e.